The zero-order valence-electron chi connectivity index (χ0n) is 13.3. The van der Waals surface area contributed by atoms with Gasteiger partial charge in [0, 0.05) is 16.1 Å². The number of aromatic hydroxyl groups is 1. The molecule has 3 aromatic rings. The number of hydrogen-bond acceptors (Lipinski definition) is 3. The fourth-order valence-electron chi connectivity index (χ4n) is 2.20. The SMILES string of the molecule is Oc1cc(OCc2ccc(Cl)cc2)ccc1OCc1ccc(Cl)cc1. The third-order valence-corrected chi connectivity index (χ3v) is 4.06. The van der Waals surface area contributed by atoms with Gasteiger partial charge in [-0.1, -0.05) is 47.5 Å². The number of halogens is 2. The zero-order chi connectivity index (χ0) is 17.6. The van der Waals surface area contributed by atoms with Crippen LogP contribution in [0, 0.1) is 0 Å². The van der Waals surface area contributed by atoms with E-state index in [1.54, 1.807) is 24.3 Å². The Hall–Kier alpha value is -2.36. The molecule has 0 fully saturated rings. The van der Waals surface area contributed by atoms with Crippen molar-refractivity contribution in [2.45, 2.75) is 13.2 Å². The van der Waals surface area contributed by atoms with Crippen LogP contribution in [0.4, 0.5) is 0 Å². The van der Waals surface area contributed by atoms with E-state index in [0.717, 1.165) is 11.1 Å². The molecular weight excluding hydrogens is 359 g/mol. The van der Waals surface area contributed by atoms with E-state index in [1.165, 1.54) is 6.07 Å². The first-order chi connectivity index (χ1) is 12.1. The molecule has 0 radical (unpaired) electrons. The first-order valence-electron chi connectivity index (χ1n) is 7.68. The summed E-state index contributed by atoms with van der Waals surface area (Å²) in [7, 11) is 0. The summed E-state index contributed by atoms with van der Waals surface area (Å²) in [5, 5.41) is 11.5. The second-order valence-corrected chi connectivity index (χ2v) is 6.33. The van der Waals surface area contributed by atoms with Crippen molar-refractivity contribution in [1.82, 2.24) is 0 Å². The Morgan fingerprint density at radius 2 is 1.20 bits per heavy atom. The normalized spacial score (nSPS) is 10.5. The smallest absolute Gasteiger partial charge is 0.161 e. The van der Waals surface area contributed by atoms with Crippen molar-refractivity contribution in [3.63, 3.8) is 0 Å². The molecule has 5 heteroatoms. The van der Waals surface area contributed by atoms with Crippen LogP contribution < -0.4 is 9.47 Å². The molecule has 0 saturated heterocycles. The van der Waals surface area contributed by atoms with Crippen molar-refractivity contribution in [1.29, 1.82) is 0 Å². The van der Waals surface area contributed by atoms with Gasteiger partial charge in [-0.2, -0.15) is 0 Å². The van der Waals surface area contributed by atoms with Crippen LogP contribution in [0.5, 0.6) is 17.2 Å². The lowest BCUT2D eigenvalue weighted by Gasteiger charge is -2.11. The quantitative estimate of drug-likeness (QED) is 0.587. The summed E-state index contributed by atoms with van der Waals surface area (Å²) < 4.78 is 11.3. The highest BCUT2D eigenvalue weighted by Crippen LogP contribution is 2.31. The number of benzene rings is 3. The highest BCUT2D eigenvalue weighted by Gasteiger charge is 2.06. The van der Waals surface area contributed by atoms with Gasteiger partial charge in [-0.25, -0.2) is 0 Å². The molecule has 0 aromatic heterocycles. The predicted molar refractivity (Wildman–Crippen MR) is 99.7 cm³/mol. The maximum Gasteiger partial charge on any atom is 0.161 e. The van der Waals surface area contributed by atoms with Crippen molar-refractivity contribution in [2.24, 2.45) is 0 Å². The van der Waals surface area contributed by atoms with E-state index in [4.69, 9.17) is 32.7 Å². The monoisotopic (exact) mass is 374 g/mol. The van der Waals surface area contributed by atoms with Gasteiger partial charge in [-0.3, -0.25) is 0 Å². The van der Waals surface area contributed by atoms with Crippen LogP contribution >= 0.6 is 23.2 Å². The first kappa shape index (κ1) is 17.5. The van der Waals surface area contributed by atoms with E-state index >= 15 is 0 Å². The number of phenolic OH excluding ortho intramolecular Hbond substituents is 1. The molecule has 25 heavy (non-hydrogen) atoms. The van der Waals surface area contributed by atoms with Crippen LogP contribution in [0.2, 0.25) is 10.0 Å². The molecule has 0 heterocycles. The molecule has 0 atom stereocenters. The van der Waals surface area contributed by atoms with Crippen LogP contribution in [0.1, 0.15) is 11.1 Å². The van der Waals surface area contributed by atoms with Crippen molar-refractivity contribution in [3.05, 3.63) is 87.9 Å². The van der Waals surface area contributed by atoms with Crippen LogP contribution in [-0.2, 0) is 13.2 Å². The van der Waals surface area contributed by atoms with E-state index in [2.05, 4.69) is 0 Å². The Labute approximate surface area is 156 Å². The number of hydrogen-bond donors (Lipinski definition) is 1. The molecule has 3 nitrogen and oxygen atoms in total. The van der Waals surface area contributed by atoms with Crippen molar-refractivity contribution >= 4 is 23.2 Å². The maximum absolute atomic E-state index is 10.1. The fourth-order valence-corrected chi connectivity index (χ4v) is 2.45. The van der Waals surface area contributed by atoms with Gasteiger partial charge in [0.05, 0.1) is 0 Å². The third kappa shape index (κ3) is 5.05. The molecule has 0 spiro atoms. The van der Waals surface area contributed by atoms with Gasteiger partial charge >= 0.3 is 0 Å². The Morgan fingerprint density at radius 3 is 1.72 bits per heavy atom. The van der Waals surface area contributed by atoms with Gasteiger partial charge in [0.1, 0.15) is 19.0 Å². The number of rotatable bonds is 6. The largest absolute Gasteiger partial charge is 0.504 e. The zero-order valence-corrected chi connectivity index (χ0v) is 14.8. The number of phenols is 1. The van der Waals surface area contributed by atoms with Crippen molar-refractivity contribution < 1.29 is 14.6 Å². The second kappa shape index (κ2) is 8.15. The van der Waals surface area contributed by atoms with Gasteiger partial charge < -0.3 is 14.6 Å². The number of ether oxygens (including phenoxy) is 2. The molecule has 0 saturated carbocycles. The standard InChI is InChI=1S/C20H16Cl2O3/c21-16-5-1-14(2-6-16)12-24-18-9-10-20(19(23)11-18)25-13-15-3-7-17(22)8-4-15/h1-11,23H,12-13H2. The highest BCUT2D eigenvalue weighted by molar-refractivity contribution is 6.30. The minimum atomic E-state index is 0.0302. The lowest BCUT2D eigenvalue weighted by atomic mass is 10.2. The molecular formula is C20H16Cl2O3. The molecule has 0 aliphatic carbocycles. The Balaban J connectivity index is 1.58. The first-order valence-corrected chi connectivity index (χ1v) is 8.43. The second-order valence-electron chi connectivity index (χ2n) is 5.46. The van der Waals surface area contributed by atoms with E-state index in [9.17, 15) is 5.11 Å². The average Bonchev–Trinajstić information content (AvgIpc) is 2.62. The van der Waals surface area contributed by atoms with Crippen LogP contribution in [0.15, 0.2) is 66.7 Å². The maximum atomic E-state index is 10.1. The van der Waals surface area contributed by atoms with Gasteiger partial charge in [-0.15, -0.1) is 0 Å². The molecule has 0 bridgehead atoms. The summed E-state index contributed by atoms with van der Waals surface area (Å²) in [5.74, 6) is 0.989. The summed E-state index contributed by atoms with van der Waals surface area (Å²) in [4.78, 5) is 0. The van der Waals surface area contributed by atoms with E-state index < -0.39 is 0 Å². The topological polar surface area (TPSA) is 38.7 Å². The van der Waals surface area contributed by atoms with E-state index in [0.29, 0.717) is 34.8 Å². The Bertz CT molecular complexity index is 831. The van der Waals surface area contributed by atoms with Crippen LogP contribution in [0.3, 0.4) is 0 Å². The van der Waals surface area contributed by atoms with Crippen molar-refractivity contribution in [2.75, 3.05) is 0 Å². The average molecular weight is 375 g/mol. The van der Waals surface area contributed by atoms with Crippen LogP contribution in [-0.4, -0.2) is 5.11 Å². The van der Waals surface area contributed by atoms with Gasteiger partial charge in [0.15, 0.2) is 11.5 Å². The minimum Gasteiger partial charge on any atom is -0.504 e. The lowest BCUT2D eigenvalue weighted by molar-refractivity contribution is 0.282. The summed E-state index contributed by atoms with van der Waals surface area (Å²) in [5.41, 5.74) is 1.96. The summed E-state index contributed by atoms with van der Waals surface area (Å²) >= 11 is 11.7. The third-order valence-electron chi connectivity index (χ3n) is 3.56. The summed E-state index contributed by atoms with van der Waals surface area (Å²) in [6, 6.07) is 19.7. The fraction of sp³-hybridized carbons (Fsp3) is 0.100. The molecule has 128 valence electrons. The molecule has 0 aliphatic rings. The van der Waals surface area contributed by atoms with E-state index in [1.807, 2.05) is 36.4 Å². The molecule has 0 aliphatic heterocycles. The van der Waals surface area contributed by atoms with E-state index in [-0.39, 0.29) is 5.75 Å². The molecule has 1 N–H and O–H groups in total. The predicted octanol–water partition coefficient (Wildman–Crippen LogP) is 5.86. The Kier molecular flexibility index (Phi) is 5.69. The lowest BCUT2D eigenvalue weighted by Crippen LogP contribution is -1.97. The summed E-state index contributed by atoms with van der Waals surface area (Å²) in [6.07, 6.45) is 0. The van der Waals surface area contributed by atoms with Crippen LogP contribution in [0.25, 0.3) is 0 Å². The molecule has 3 rings (SSSR count). The van der Waals surface area contributed by atoms with Crippen molar-refractivity contribution in [3.8, 4) is 17.2 Å². The van der Waals surface area contributed by atoms with Gasteiger partial charge in [-0.05, 0) is 47.5 Å². The minimum absolute atomic E-state index is 0.0302. The molecule has 0 unspecified atom stereocenters. The van der Waals surface area contributed by atoms with Gasteiger partial charge in [0.2, 0.25) is 0 Å². The summed E-state index contributed by atoms with van der Waals surface area (Å²) in [6.45, 7) is 0.733. The highest BCUT2D eigenvalue weighted by atomic mass is 35.5. The Morgan fingerprint density at radius 1 is 0.680 bits per heavy atom. The molecule has 0 amide bonds. The van der Waals surface area contributed by atoms with Gasteiger partial charge in [0.25, 0.3) is 0 Å². The molecule has 3 aromatic carbocycles.